The van der Waals surface area contributed by atoms with Crippen molar-refractivity contribution in [3.63, 3.8) is 0 Å². The van der Waals surface area contributed by atoms with E-state index in [4.69, 9.17) is 33.2 Å². The number of nitrogens with zero attached hydrogens (tertiary/aromatic N) is 1. The lowest BCUT2D eigenvalue weighted by Gasteiger charge is -2.46. The third-order valence-corrected chi connectivity index (χ3v) is 12.2. The zero-order valence-corrected chi connectivity index (χ0v) is 34.0. The van der Waals surface area contributed by atoms with Crippen molar-refractivity contribution in [1.82, 2.24) is 4.90 Å². The molecule has 3 heterocycles. The van der Waals surface area contributed by atoms with E-state index in [1.54, 1.807) is 52.8 Å². The fourth-order valence-electron chi connectivity index (χ4n) is 8.73. The van der Waals surface area contributed by atoms with E-state index in [-0.39, 0.29) is 31.1 Å². The van der Waals surface area contributed by atoms with Gasteiger partial charge in [0.05, 0.1) is 61.6 Å². The maximum absolute atomic E-state index is 13.6. The predicted octanol–water partition coefficient (Wildman–Crippen LogP) is 1.56. The van der Waals surface area contributed by atoms with E-state index < -0.39 is 115 Å². The van der Waals surface area contributed by atoms with Crippen LogP contribution in [0.15, 0.2) is 23.8 Å². The Morgan fingerprint density at radius 1 is 0.982 bits per heavy atom. The highest BCUT2D eigenvalue weighted by Gasteiger charge is 2.75. The second-order valence-corrected chi connectivity index (χ2v) is 16.2. The quantitative estimate of drug-likeness (QED) is 0.174. The highest BCUT2D eigenvalue weighted by molar-refractivity contribution is 5.91. The number of aliphatic hydroxyl groups is 4. The Hall–Kier alpha value is -2.15. The molecule has 314 valence electrons. The first-order valence-corrected chi connectivity index (χ1v) is 19.5. The van der Waals surface area contributed by atoms with Crippen molar-refractivity contribution >= 4 is 18.0 Å². The zero-order chi connectivity index (χ0) is 40.9. The summed E-state index contributed by atoms with van der Waals surface area (Å²) >= 11 is 0. The lowest BCUT2D eigenvalue weighted by molar-refractivity contribution is -0.304. The number of likely N-dealkylation sites (N-methyl/N-ethyl adjacent to an activating group) is 1. The molecular formula is C40H65NO14. The van der Waals surface area contributed by atoms with E-state index in [0.717, 1.165) is 6.29 Å². The van der Waals surface area contributed by atoms with E-state index in [1.807, 2.05) is 19.9 Å². The van der Waals surface area contributed by atoms with E-state index >= 15 is 0 Å². The van der Waals surface area contributed by atoms with Gasteiger partial charge >= 0.3 is 5.97 Å². The molecule has 3 aliphatic heterocycles. The number of hydrogen-bond acceptors (Lipinski definition) is 15. The summed E-state index contributed by atoms with van der Waals surface area (Å²) < 4.78 is 42.0. The van der Waals surface area contributed by atoms with Crippen LogP contribution >= 0.6 is 0 Å². The monoisotopic (exact) mass is 783 g/mol. The molecule has 3 fully saturated rings. The van der Waals surface area contributed by atoms with Crippen LogP contribution in [-0.4, -0.2) is 157 Å². The molecule has 0 spiro atoms. The van der Waals surface area contributed by atoms with Crippen molar-refractivity contribution < 1.29 is 68.0 Å². The van der Waals surface area contributed by atoms with Crippen LogP contribution in [0.5, 0.6) is 0 Å². The first-order valence-electron chi connectivity index (χ1n) is 19.5. The number of methoxy groups -OCH3 is 2. The molecule has 55 heavy (non-hydrogen) atoms. The van der Waals surface area contributed by atoms with Gasteiger partial charge in [0.1, 0.15) is 30.2 Å². The number of fused-ring (bicyclic) bond motifs is 1. The van der Waals surface area contributed by atoms with Crippen molar-refractivity contribution in [3.05, 3.63) is 23.8 Å². The number of carbonyl (C=O) groups is 3. The van der Waals surface area contributed by atoms with Gasteiger partial charge in [0, 0.05) is 38.4 Å². The Morgan fingerprint density at radius 3 is 2.27 bits per heavy atom. The van der Waals surface area contributed by atoms with E-state index in [2.05, 4.69) is 0 Å². The topological polar surface area (TPSA) is 200 Å². The Labute approximate surface area is 325 Å². The van der Waals surface area contributed by atoms with Gasteiger partial charge in [0.25, 0.3) is 0 Å². The molecule has 4 N–H and O–H groups in total. The number of hydrogen-bond donors (Lipinski definition) is 4. The highest BCUT2D eigenvalue weighted by Crippen LogP contribution is 2.56. The first kappa shape index (κ1) is 45.6. The first-order chi connectivity index (χ1) is 25.9. The van der Waals surface area contributed by atoms with Crippen molar-refractivity contribution in [3.8, 4) is 0 Å². The average molecular weight is 784 g/mol. The molecule has 4 rings (SSSR count). The standard InChI is InChI=1S/C40H65NO14/c1-11-29-26(19-51-39-36(49-9)31-37(50-10)40(31,48)24(6)53-39)16-20(2)12-13-27(43)21(3)17-25(14-15-42)35(22(4)28(44)18-30(45)54-29)55-38-34(47)32(41(7)8)33(46)23(5)52-38/h12-13,15-16,21-26,28-29,31-39,44,46-48H,11,14,17-19H2,1-10H3/b13-12+,20-16+/t21-,22+,23-,24?,25+,26-,28-,29-,31+,32?,33-,34?,35-,36?,37-,38+,39-,40?/m1/s1. The SMILES string of the molecule is CC[C@H]1OC(=O)C[C@@H](O)[C@H](C)[C@@H](O[C@@H]2O[C@H](C)[C@@H](O)C(N(C)C)C2O)[C@@H](CC=O)C[C@@H](C)C(=O)/C=C/C(C)=C/[C@@H]1CO[C@@H]1OC(C)C2(O)[C@H](OC)[C@@H]2C1OC. The number of aldehydes is 1. The second kappa shape index (κ2) is 19.5. The third-order valence-electron chi connectivity index (χ3n) is 12.2. The lowest BCUT2D eigenvalue weighted by atomic mass is 9.79. The van der Waals surface area contributed by atoms with Gasteiger partial charge in [-0.3, -0.25) is 9.59 Å². The van der Waals surface area contributed by atoms with Gasteiger partial charge in [-0.2, -0.15) is 0 Å². The van der Waals surface area contributed by atoms with Gasteiger partial charge in [-0.15, -0.1) is 0 Å². The van der Waals surface area contributed by atoms with Crippen molar-refractivity contribution in [2.24, 2.45) is 29.6 Å². The van der Waals surface area contributed by atoms with Gasteiger partial charge in [-0.25, -0.2) is 0 Å². The van der Waals surface area contributed by atoms with E-state index in [9.17, 15) is 34.8 Å². The number of ether oxygens (including phenoxy) is 7. The van der Waals surface area contributed by atoms with E-state index in [1.165, 1.54) is 20.3 Å². The van der Waals surface area contributed by atoms with Crippen LogP contribution in [0.2, 0.25) is 0 Å². The Kier molecular flexibility index (Phi) is 16.2. The minimum atomic E-state index is -1.31. The van der Waals surface area contributed by atoms with Gasteiger partial charge < -0.3 is 63.3 Å². The van der Waals surface area contributed by atoms with Gasteiger partial charge in [-0.05, 0) is 59.7 Å². The third kappa shape index (κ3) is 10.1. The Morgan fingerprint density at radius 2 is 1.67 bits per heavy atom. The molecule has 2 saturated heterocycles. The largest absolute Gasteiger partial charge is 0.462 e. The number of aliphatic hydroxyl groups excluding tert-OH is 3. The summed E-state index contributed by atoms with van der Waals surface area (Å²) in [5, 5.41) is 44.8. The zero-order valence-electron chi connectivity index (χ0n) is 34.0. The molecule has 0 aromatic heterocycles. The van der Waals surface area contributed by atoms with Gasteiger partial charge in [-0.1, -0.05) is 38.5 Å². The minimum absolute atomic E-state index is 0.0241. The molecule has 0 radical (unpaired) electrons. The summed E-state index contributed by atoms with van der Waals surface area (Å²) in [6.07, 6.45) is -3.89. The molecule has 1 saturated carbocycles. The maximum atomic E-state index is 13.6. The molecule has 0 bridgehead atoms. The molecule has 4 aliphatic rings. The highest BCUT2D eigenvalue weighted by atomic mass is 16.7. The summed E-state index contributed by atoms with van der Waals surface area (Å²) in [5.74, 6) is -3.70. The maximum Gasteiger partial charge on any atom is 0.308 e. The lowest BCUT2D eigenvalue weighted by Crippen LogP contribution is -2.63. The Bertz CT molecular complexity index is 1360. The normalized spacial score (nSPS) is 46.3. The molecule has 15 nitrogen and oxygen atoms in total. The van der Waals surface area contributed by atoms with Crippen LogP contribution in [0.3, 0.4) is 0 Å². The number of esters is 1. The molecule has 5 unspecified atom stereocenters. The van der Waals surface area contributed by atoms with Crippen molar-refractivity contribution in [2.45, 2.75) is 146 Å². The van der Waals surface area contributed by atoms with Crippen LogP contribution in [-0.2, 0) is 47.5 Å². The number of ketones is 1. The number of carbonyl (C=O) groups excluding carboxylic acids is 3. The summed E-state index contributed by atoms with van der Waals surface area (Å²) in [5.41, 5.74) is -0.486. The van der Waals surface area contributed by atoms with Crippen LogP contribution in [0, 0.1) is 29.6 Å². The molecular weight excluding hydrogens is 718 g/mol. The number of rotatable bonds is 11. The van der Waals surface area contributed by atoms with Crippen LogP contribution < -0.4 is 0 Å². The second-order valence-electron chi connectivity index (χ2n) is 16.2. The Balaban J connectivity index is 1.62. The summed E-state index contributed by atoms with van der Waals surface area (Å²) in [4.78, 5) is 40.9. The van der Waals surface area contributed by atoms with Gasteiger partial charge in [0.2, 0.25) is 0 Å². The van der Waals surface area contributed by atoms with Gasteiger partial charge in [0.15, 0.2) is 18.4 Å². The molecule has 15 heteroatoms. The minimum Gasteiger partial charge on any atom is -0.462 e. The molecule has 18 atom stereocenters. The molecule has 0 aromatic carbocycles. The fourth-order valence-corrected chi connectivity index (χ4v) is 8.73. The van der Waals surface area contributed by atoms with E-state index in [0.29, 0.717) is 12.0 Å². The molecule has 0 aromatic rings. The summed E-state index contributed by atoms with van der Waals surface area (Å²) in [6.45, 7) is 10.6. The number of cyclic esters (lactones) is 1. The van der Waals surface area contributed by atoms with Crippen molar-refractivity contribution in [2.75, 3.05) is 34.9 Å². The fraction of sp³-hybridized carbons (Fsp3) is 0.825. The van der Waals surface area contributed by atoms with Crippen LogP contribution in [0.25, 0.3) is 0 Å². The summed E-state index contributed by atoms with van der Waals surface area (Å²) in [7, 11) is 6.47. The predicted molar refractivity (Wildman–Crippen MR) is 198 cm³/mol. The number of allylic oxidation sites excluding steroid dienone is 3. The molecule has 0 amide bonds. The average Bonchev–Trinajstić information content (AvgIpc) is 3.76. The smallest absolute Gasteiger partial charge is 0.308 e. The van der Waals surface area contributed by atoms with Crippen molar-refractivity contribution in [1.29, 1.82) is 0 Å². The molecule has 1 aliphatic carbocycles. The van der Waals surface area contributed by atoms with Crippen LogP contribution in [0.1, 0.15) is 67.2 Å². The van der Waals surface area contributed by atoms with Crippen LogP contribution in [0.4, 0.5) is 0 Å². The summed E-state index contributed by atoms with van der Waals surface area (Å²) in [6, 6.07) is -0.739.